The topological polar surface area (TPSA) is 77.3 Å². The van der Waals surface area contributed by atoms with E-state index in [0.717, 1.165) is 133 Å². The first-order valence-corrected chi connectivity index (χ1v) is 38.5. The van der Waals surface area contributed by atoms with Crippen LogP contribution in [0.15, 0.2) is 376 Å². The molecule has 2 aliphatic carbocycles. The SMILES string of the molecule is CC1(C)c2ccccc2-c2cc3c(-c4cccc(-c5ccccc5)c4)cc(-c4ccc(-c5nc(-c6ccccc6)cc(-c6ccccc6)n5)c5ccccc45)nc3cc21.CC1(C)c2ccccc2-c2cc3c(-c4ccccc4)cc(-c4ccc(-c5nc(-c6ccccc6)cc(-c6ccccc6)n5)c5ccccc45)nc3cc21. The minimum absolute atomic E-state index is 0.119. The van der Waals surface area contributed by atoms with Crippen molar-refractivity contribution >= 4 is 43.4 Å². The van der Waals surface area contributed by atoms with Gasteiger partial charge in [-0.15, -0.1) is 0 Å². The van der Waals surface area contributed by atoms with Gasteiger partial charge in [0.25, 0.3) is 0 Å². The normalized spacial score (nSPS) is 12.8. The van der Waals surface area contributed by atoms with Gasteiger partial charge in [0.15, 0.2) is 11.6 Å². The molecule has 6 heteroatoms. The Morgan fingerprint density at radius 3 is 0.857 bits per heavy atom. The van der Waals surface area contributed by atoms with Gasteiger partial charge in [-0.25, -0.2) is 29.9 Å². The lowest BCUT2D eigenvalue weighted by Gasteiger charge is -2.22. The molecule has 0 bridgehead atoms. The molecule has 4 aromatic heterocycles. The van der Waals surface area contributed by atoms with Crippen LogP contribution in [-0.4, -0.2) is 29.9 Å². The maximum Gasteiger partial charge on any atom is 0.161 e. The van der Waals surface area contributed by atoms with Gasteiger partial charge in [0, 0.05) is 66.1 Å². The highest BCUT2D eigenvalue weighted by molar-refractivity contribution is 6.09. The summed E-state index contributed by atoms with van der Waals surface area (Å²) >= 11 is 0. The molecule has 4 heterocycles. The molecule has 0 spiro atoms. The summed E-state index contributed by atoms with van der Waals surface area (Å²) in [6.07, 6.45) is 0. The highest BCUT2D eigenvalue weighted by Gasteiger charge is 2.38. The number of hydrogen-bond donors (Lipinski definition) is 0. The van der Waals surface area contributed by atoms with Crippen LogP contribution in [0.4, 0.5) is 0 Å². The lowest BCUT2D eigenvalue weighted by Crippen LogP contribution is -2.14. The minimum Gasteiger partial charge on any atom is -0.248 e. The summed E-state index contributed by atoms with van der Waals surface area (Å²) in [6.45, 7) is 9.33. The first-order valence-electron chi connectivity index (χ1n) is 38.5. The predicted octanol–water partition coefficient (Wildman–Crippen LogP) is 27.3. The molecule has 2 aliphatic rings. The zero-order valence-electron chi connectivity index (χ0n) is 62.5. The van der Waals surface area contributed by atoms with Crippen molar-refractivity contribution in [2.45, 2.75) is 38.5 Å². The molecule has 15 aromatic carbocycles. The van der Waals surface area contributed by atoms with Crippen LogP contribution in [0, 0.1) is 0 Å². The summed E-state index contributed by atoms with van der Waals surface area (Å²) in [5, 5.41) is 6.68. The van der Waals surface area contributed by atoms with Crippen LogP contribution in [0.25, 0.3) is 189 Å². The van der Waals surface area contributed by atoms with Crippen LogP contribution in [0.5, 0.6) is 0 Å². The smallest absolute Gasteiger partial charge is 0.161 e. The van der Waals surface area contributed by atoms with E-state index in [1.807, 2.05) is 24.3 Å². The maximum absolute atomic E-state index is 5.55. The van der Waals surface area contributed by atoms with E-state index in [1.54, 1.807) is 0 Å². The van der Waals surface area contributed by atoms with Gasteiger partial charge in [0.2, 0.25) is 0 Å². The molecule has 0 fully saturated rings. The first-order chi connectivity index (χ1) is 55.0. The van der Waals surface area contributed by atoms with Crippen LogP contribution < -0.4 is 0 Å². The predicted molar refractivity (Wildman–Crippen MR) is 465 cm³/mol. The fraction of sp³-hybridized carbons (Fsp3) is 0.0566. The standard InChI is InChI=1S/C56H39N3.C50H35N3/c1-56(2)49-28-15-14-27-43(49)47-32-48-46(40-24-16-23-39(31-40)36-17-6-3-7-18-36)33-53(57-54(48)34-50(47)56)44-29-30-45(42-26-13-12-25-41(42)44)55-58-51(37-19-8-4-9-20-37)35-52(59-55)38-21-10-5-11-22-38;1-50(2)43-25-15-14-24-37(43)41-28-42-40(32-16-6-3-7-17-32)29-47(51-48(42)30-44(41)50)38-26-27-39(36-23-13-12-22-35(36)38)49-52-45(33-18-8-4-9-19-33)31-46(53-49)34-20-10-5-11-21-34/h3-35H,1-2H3;3-31H,1-2H3. The molecule has 0 atom stereocenters. The van der Waals surface area contributed by atoms with Crippen LogP contribution in [0.2, 0.25) is 0 Å². The minimum atomic E-state index is -0.146. The largest absolute Gasteiger partial charge is 0.248 e. The van der Waals surface area contributed by atoms with Crippen molar-refractivity contribution in [2.75, 3.05) is 0 Å². The quantitative estimate of drug-likeness (QED) is 0.128. The van der Waals surface area contributed by atoms with Crippen molar-refractivity contribution in [3.05, 3.63) is 398 Å². The molecule has 0 radical (unpaired) electrons. The summed E-state index contributed by atoms with van der Waals surface area (Å²) in [6, 6.07) is 134. The van der Waals surface area contributed by atoms with Crippen LogP contribution in [-0.2, 0) is 10.8 Å². The Balaban J connectivity index is 0.000000147. The first kappa shape index (κ1) is 67.2. The lowest BCUT2D eigenvalue weighted by atomic mass is 9.82. The molecule has 112 heavy (non-hydrogen) atoms. The zero-order chi connectivity index (χ0) is 75.0. The molecule has 6 nitrogen and oxygen atoms in total. The van der Waals surface area contributed by atoms with Crippen molar-refractivity contribution in [3.8, 4) is 146 Å². The van der Waals surface area contributed by atoms with Gasteiger partial charge in [0.05, 0.1) is 45.2 Å². The van der Waals surface area contributed by atoms with E-state index in [9.17, 15) is 0 Å². The van der Waals surface area contributed by atoms with Crippen molar-refractivity contribution in [3.63, 3.8) is 0 Å². The Morgan fingerprint density at radius 1 is 0.161 bits per heavy atom. The van der Waals surface area contributed by atoms with Crippen LogP contribution in [0.3, 0.4) is 0 Å². The number of nitrogens with zero attached hydrogens (tertiary/aromatic N) is 6. The molecule has 21 rings (SSSR count). The monoisotopic (exact) mass is 1430 g/mol. The van der Waals surface area contributed by atoms with Crippen molar-refractivity contribution in [1.82, 2.24) is 29.9 Å². The van der Waals surface area contributed by atoms with Crippen molar-refractivity contribution in [2.24, 2.45) is 0 Å². The summed E-state index contributed by atoms with van der Waals surface area (Å²) in [7, 11) is 0. The average molecular weight is 1430 g/mol. The Morgan fingerprint density at radius 2 is 0.464 bits per heavy atom. The third-order valence-electron chi connectivity index (χ3n) is 23.0. The Bertz CT molecular complexity index is 6780. The fourth-order valence-electron chi connectivity index (χ4n) is 17.3. The number of hydrogen-bond acceptors (Lipinski definition) is 6. The van der Waals surface area contributed by atoms with Crippen LogP contribution >= 0.6 is 0 Å². The number of aromatic nitrogens is 6. The summed E-state index contributed by atoms with van der Waals surface area (Å²) in [5.41, 5.74) is 33.1. The number of rotatable bonds is 11. The third kappa shape index (κ3) is 11.8. The Labute approximate surface area is 651 Å². The molecular weight excluding hydrogens is 1360 g/mol. The van der Waals surface area contributed by atoms with E-state index in [4.69, 9.17) is 29.9 Å². The van der Waals surface area contributed by atoms with E-state index < -0.39 is 0 Å². The van der Waals surface area contributed by atoms with Crippen LogP contribution in [0.1, 0.15) is 49.9 Å². The molecular formula is C106H74N6. The maximum atomic E-state index is 5.55. The molecule has 528 valence electrons. The zero-order valence-corrected chi connectivity index (χ0v) is 62.5. The molecule has 0 saturated carbocycles. The number of pyridine rings is 2. The van der Waals surface area contributed by atoms with Gasteiger partial charge >= 0.3 is 0 Å². The van der Waals surface area contributed by atoms with Gasteiger partial charge in [-0.1, -0.05) is 337 Å². The number of benzene rings is 15. The van der Waals surface area contributed by atoms with Gasteiger partial charge < -0.3 is 0 Å². The fourth-order valence-corrected chi connectivity index (χ4v) is 17.3. The summed E-state index contributed by atoms with van der Waals surface area (Å²) < 4.78 is 0. The van der Waals surface area contributed by atoms with E-state index >= 15 is 0 Å². The third-order valence-corrected chi connectivity index (χ3v) is 23.0. The van der Waals surface area contributed by atoms with E-state index in [0.29, 0.717) is 11.6 Å². The van der Waals surface area contributed by atoms with E-state index in [-0.39, 0.29) is 10.8 Å². The van der Waals surface area contributed by atoms with Crippen molar-refractivity contribution < 1.29 is 0 Å². The second-order valence-electron chi connectivity index (χ2n) is 30.4. The summed E-state index contributed by atoms with van der Waals surface area (Å²) in [5.74, 6) is 1.39. The second kappa shape index (κ2) is 27.5. The van der Waals surface area contributed by atoms with E-state index in [1.165, 1.54) is 66.8 Å². The molecule has 0 N–H and O–H groups in total. The summed E-state index contributed by atoms with van der Waals surface area (Å²) in [4.78, 5) is 31.8. The molecule has 19 aromatic rings. The Kier molecular flexibility index (Phi) is 16.5. The highest BCUT2D eigenvalue weighted by atomic mass is 14.9. The highest BCUT2D eigenvalue weighted by Crippen LogP contribution is 2.53. The van der Waals surface area contributed by atoms with E-state index in [2.05, 4.69) is 380 Å². The van der Waals surface area contributed by atoms with Gasteiger partial charge in [-0.05, 0) is 166 Å². The average Bonchev–Trinajstić information content (AvgIpc) is 1.69. The van der Waals surface area contributed by atoms with Crippen molar-refractivity contribution in [1.29, 1.82) is 0 Å². The molecule has 0 aliphatic heterocycles. The van der Waals surface area contributed by atoms with Gasteiger partial charge in [-0.2, -0.15) is 0 Å². The Hall–Kier alpha value is -14.2. The second-order valence-corrected chi connectivity index (χ2v) is 30.4. The molecule has 0 unspecified atom stereocenters. The van der Waals surface area contributed by atoms with Gasteiger partial charge in [0.1, 0.15) is 0 Å². The lowest BCUT2D eigenvalue weighted by molar-refractivity contribution is 0.661. The molecule has 0 saturated heterocycles. The van der Waals surface area contributed by atoms with Gasteiger partial charge in [-0.3, -0.25) is 0 Å². The number of fused-ring (bicyclic) bond motifs is 10. The molecule has 0 amide bonds.